The molecule has 44 heavy (non-hydrogen) atoms. The normalized spacial score (nSPS) is 18.0. The Labute approximate surface area is 256 Å². The van der Waals surface area contributed by atoms with Gasteiger partial charge in [-0.1, -0.05) is 37.3 Å². The van der Waals surface area contributed by atoms with Gasteiger partial charge in [0.05, 0.1) is 39.4 Å². The second kappa shape index (κ2) is 12.3. The van der Waals surface area contributed by atoms with Crippen LogP contribution in [0.3, 0.4) is 0 Å². The van der Waals surface area contributed by atoms with Gasteiger partial charge in [0, 0.05) is 11.8 Å². The Hall–Kier alpha value is -4.98. The van der Waals surface area contributed by atoms with E-state index in [0.717, 1.165) is 45.6 Å². The summed E-state index contributed by atoms with van der Waals surface area (Å²) in [5, 5.41) is 0. The highest BCUT2D eigenvalue weighted by Crippen LogP contribution is 2.56. The molecule has 8 nitrogen and oxygen atoms in total. The lowest BCUT2D eigenvalue weighted by Crippen LogP contribution is -2.26. The van der Waals surface area contributed by atoms with Crippen molar-refractivity contribution < 1.29 is 38.0 Å². The molecule has 0 fully saturated rings. The molecule has 4 aromatic rings. The lowest BCUT2D eigenvalue weighted by Gasteiger charge is -2.26. The van der Waals surface area contributed by atoms with E-state index in [-0.39, 0.29) is 18.7 Å². The molecular formula is C36H34O8. The molecule has 1 aliphatic carbocycles. The number of ether oxygens (including phenoxy) is 6. The molecule has 0 aromatic heterocycles. The zero-order valence-corrected chi connectivity index (χ0v) is 25.1. The molecule has 2 aliphatic rings. The summed E-state index contributed by atoms with van der Waals surface area (Å²) in [6.07, 6.45) is 0.865. The molecule has 0 amide bonds. The van der Waals surface area contributed by atoms with Crippen molar-refractivity contribution in [2.24, 2.45) is 5.92 Å². The number of hydrogen-bond donors (Lipinski definition) is 0. The largest absolute Gasteiger partial charge is 0.497 e. The number of methoxy groups -OCH3 is 3. The van der Waals surface area contributed by atoms with Crippen LogP contribution in [-0.4, -0.2) is 46.7 Å². The van der Waals surface area contributed by atoms with Crippen LogP contribution in [0.4, 0.5) is 0 Å². The van der Waals surface area contributed by atoms with E-state index in [0.29, 0.717) is 29.4 Å². The van der Waals surface area contributed by atoms with E-state index in [1.165, 1.54) is 14.2 Å². The van der Waals surface area contributed by atoms with Gasteiger partial charge in [-0.3, -0.25) is 4.79 Å². The second-order valence-corrected chi connectivity index (χ2v) is 10.8. The van der Waals surface area contributed by atoms with E-state index in [4.69, 9.17) is 28.4 Å². The van der Waals surface area contributed by atoms with Gasteiger partial charge in [0.25, 0.3) is 0 Å². The molecule has 0 bridgehead atoms. The predicted molar refractivity (Wildman–Crippen MR) is 164 cm³/mol. The highest BCUT2D eigenvalue weighted by molar-refractivity contribution is 5.91. The maximum atomic E-state index is 13.9. The molecule has 0 saturated heterocycles. The summed E-state index contributed by atoms with van der Waals surface area (Å²) < 4.78 is 33.5. The third-order valence-corrected chi connectivity index (χ3v) is 8.34. The summed E-state index contributed by atoms with van der Waals surface area (Å²) in [6.45, 7) is 2.79. The Kier molecular flexibility index (Phi) is 8.15. The van der Waals surface area contributed by atoms with E-state index >= 15 is 0 Å². The zero-order chi connectivity index (χ0) is 30.8. The van der Waals surface area contributed by atoms with Crippen LogP contribution in [0, 0.1) is 5.92 Å². The molecule has 1 aliphatic heterocycles. The Morgan fingerprint density at radius 1 is 0.773 bits per heavy atom. The summed E-state index contributed by atoms with van der Waals surface area (Å²) >= 11 is 0. The summed E-state index contributed by atoms with van der Waals surface area (Å²) in [4.78, 5) is 26.4. The van der Waals surface area contributed by atoms with Crippen LogP contribution < -0.4 is 18.9 Å². The average molecular weight is 595 g/mol. The van der Waals surface area contributed by atoms with Gasteiger partial charge in [-0.05, 0) is 88.3 Å². The van der Waals surface area contributed by atoms with Crippen molar-refractivity contribution in [1.29, 1.82) is 0 Å². The van der Waals surface area contributed by atoms with Gasteiger partial charge < -0.3 is 28.4 Å². The zero-order valence-electron chi connectivity index (χ0n) is 25.1. The van der Waals surface area contributed by atoms with Crippen LogP contribution in [0.5, 0.6) is 23.0 Å². The molecule has 0 radical (unpaired) electrons. The number of carbonyl (C=O) groups is 2. The molecule has 0 spiro atoms. The van der Waals surface area contributed by atoms with Crippen molar-refractivity contribution in [3.8, 4) is 34.1 Å². The average Bonchev–Trinajstić information content (AvgIpc) is 3.68. The summed E-state index contributed by atoms with van der Waals surface area (Å²) in [5.41, 5.74) is 5.80. The highest BCUT2D eigenvalue weighted by atomic mass is 16.7. The van der Waals surface area contributed by atoms with Crippen molar-refractivity contribution in [3.05, 3.63) is 107 Å². The van der Waals surface area contributed by atoms with Crippen molar-refractivity contribution in [1.82, 2.24) is 0 Å². The van der Waals surface area contributed by atoms with E-state index in [2.05, 4.69) is 6.92 Å². The Morgan fingerprint density at radius 3 is 2.34 bits per heavy atom. The van der Waals surface area contributed by atoms with Gasteiger partial charge in [-0.15, -0.1) is 0 Å². The summed E-state index contributed by atoms with van der Waals surface area (Å²) in [6, 6.07) is 24.9. The number of esters is 2. The SMILES string of the molecule is CCCOc1ccc2c(c1)C(c1ccc(OC)cc1-c1cccc(C(=O)OC)c1)C(C(=O)OC)C2c1ccc2c(c1)OCO2. The fourth-order valence-electron chi connectivity index (χ4n) is 6.37. The van der Waals surface area contributed by atoms with E-state index < -0.39 is 17.8 Å². The molecule has 3 atom stereocenters. The number of rotatable bonds is 9. The minimum absolute atomic E-state index is 0.154. The van der Waals surface area contributed by atoms with Gasteiger partial charge in [0.2, 0.25) is 6.79 Å². The minimum atomic E-state index is -0.618. The Morgan fingerprint density at radius 2 is 1.57 bits per heavy atom. The maximum absolute atomic E-state index is 13.9. The molecular weight excluding hydrogens is 560 g/mol. The van der Waals surface area contributed by atoms with Gasteiger partial charge in [-0.25, -0.2) is 4.79 Å². The van der Waals surface area contributed by atoms with Crippen LogP contribution in [0.1, 0.15) is 57.8 Å². The molecule has 226 valence electrons. The quantitative estimate of drug-likeness (QED) is 0.197. The van der Waals surface area contributed by atoms with Gasteiger partial charge in [-0.2, -0.15) is 0 Å². The fraction of sp³-hybridized carbons (Fsp3) is 0.278. The number of hydrogen-bond acceptors (Lipinski definition) is 8. The van der Waals surface area contributed by atoms with Crippen molar-refractivity contribution in [2.45, 2.75) is 25.2 Å². The molecule has 6 rings (SSSR count). The van der Waals surface area contributed by atoms with Crippen LogP contribution >= 0.6 is 0 Å². The van der Waals surface area contributed by atoms with Crippen LogP contribution in [0.15, 0.2) is 78.9 Å². The number of carbonyl (C=O) groups excluding carboxylic acids is 2. The summed E-state index contributed by atoms with van der Waals surface area (Å²) in [5.74, 6) is 0.543. The Balaban J connectivity index is 1.58. The van der Waals surface area contributed by atoms with Crippen molar-refractivity contribution >= 4 is 11.9 Å². The number of fused-ring (bicyclic) bond motifs is 2. The lowest BCUT2D eigenvalue weighted by molar-refractivity contribution is -0.146. The molecule has 0 N–H and O–H groups in total. The molecule has 3 unspecified atom stereocenters. The van der Waals surface area contributed by atoms with Gasteiger partial charge in [0.1, 0.15) is 11.5 Å². The molecule has 0 saturated carbocycles. The Bertz CT molecular complexity index is 1710. The topological polar surface area (TPSA) is 89.5 Å². The maximum Gasteiger partial charge on any atom is 0.337 e. The van der Waals surface area contributed by atoms with Crippen molar-refractivity contribution in [3.63, 3.8) is 0 Å². The number of benzene rings is 4. The fourth-order valence-corrected chi connectivity index (χ4v) is 6.37. The van der Waals surface area contributed by atoms with Crippen molar-refractivity contribution in [2.75, 3.05) is 34.7 Å². The summed E-state index contributed by atoms with van der Waals surface area (Å²) in [7, 11) is 4.39. The van der Waals surface area contributed by atoms with Gasteiger partial charge >= 0.3 is 11.9 Å². The van der Waals surface area contributed by atoms with E-state index in [9.17, 15) is 9.59 Å². The molecule has 8 heteroatoms. The molecule has 1 heterocycles. The molecule has 4 aromatic carbocycles. The monoisotopic (exact) mass is 594 g/mol. The third-order valence-electron chi connectivity index (χ3n) is 8.34. The van der Waals surface area contributed by atoms with Crippen LogP contribution in [0.2, 0.25) is 0 Å². The first-order valence-corrected chi connectivity index (χ1v) is 14.6. The van der Waals surface area contributed by atoms with Crippen LogP contribution in [-0.2, 0) is 14.3 Å². The third kappa shape index (κ3) is 5.21. The van der Waals surface area contributed by atoms with Crippen LogP contribution in [0.25, 0.3) is 11.1 Å². The first kappa shape index (κ1) is 29.1. The second-order valence-electron chi connectivity index (χ2n) is 10.8. The van der Waals surface area contributed by atoms with E-state index in [1.807, 2.05) is 66.7 Å². The first-order valence-electron chi connectivity index (χ1n) is 14.6. The van der Waals surface area contributed by atoms with E-state index in [1.54, 1.807) is 19.2 Å². The first-order chi connectivity index (χ1) is 21.5. The predicted octanol–water partition coefficient (Wildman–Crippen LogP) is 6.73. The minimum Gasteiger partial charge on any atom is -0.497 e. The lowest BCUT2D eigenvalue weighted by atomic mass is 9.77. The van der Waals surface area contributed by atoms with Gasteiger partial charge in [0.15, 0.2) is 11.5 Å². The highest BCUT2D eigenvalue weighted by Gasteiger charge is 2.48. The standard InChI is InChI=1S/C36H34O8/c1-5-15-42-25-11-13-27-29(19-25)33(34(36(38)41-4)32(27)22-9-14-30-31(17-22)44-20-43-30)26-12-10-24(39-2)18-28(26)21-7-6-8-23(16-21)35(37)40-3/h6-14,16-19,32-34H,5,15,20H2,1-4H3. The smallest absolute Gasteiger partial charge is 0.337 e.